The quantitative estimate of drug-likeness (QED) is 0.865. The van der Waals surface area contributed by atoms with Crippen LogP contribution in [-0.2, 0) is 6.54 Å². The van der Waals surface area contributed by atoms with Gasteiger partial charge in [-0.15, -0.1) is 0 Å². The van der Waals surface area contributed by atoms with Crippen LogP contribution in [0.2, 0.25) is 5.02 Å². The molecule has 1 aromatic rings. The SMILES string of the molecule is CSC1(CNc2cnn(CC(C)C)c(=O)c2Cl)CCCC1. The zero-order chi connectivity index (χ0) is 15.5. The fourth-order valence-corrected chi connectivity index (χ4v) is 3.92. The van der Waals surface area contributed by atoms with Crippen molar-refractivity contribution in [1.29, 1.82) is 0 Å². The number of nitrogens with one attached hydrogen (secondary N) is 1. The minimum absolute atomic E-state index is 0.208. The standard InChI is InChI=1S/C15H24ClN3OS/c1-11(2)9-19-14(20)13(16)12(8-18-19)17-10-15(21-3)6-4-5-7-15/h8,11,17H,4-7,9-10H2,1-3H3. The van der Waals surface area contributed by atoms with Crippen molar-refractivity contribution in [2.24, 2.45) is 5.92 Å². The molecule has 1 fully saturated rings. The monoisotopic (exact) mass is 329 g/mol. The molecule has 0 spiro atoms. The van der Waals surface area contributed by atoms with Crippen molar-refractivity contribution < 1.29 is 0 Å². The summed E-state index contributed by atoms with van der Waals surface area (Å²) < 4.78 is 1.72. The lowest BCUT2D eigenvalue weighted by molar-refractivity contribution is 0.464. The van der Waals surface area contributed by atoms with Gasteiger partial charge in [-0.3, -0.25) is 4.79 Å². The fraction of sp³-hybridized carbons (Fsp3) is 0.733. The first-order valence-corrected chi connectivity index (χ1v) is 9.12. The van der Waals surface area contributed by atoms with E-state index in [1.54, 1.807) is 6.20 Å². The third kappa shape index (κ3) is 3.95. The van der Waals surface area contributed by atoms with Crippen LogP contribution >= 0.6 is 23.4 Å². The van der Waals surface area contributed by atoms with Gasteiger partial charge in [-0.2, -0.15) is 16.9 Å². The summed E-state index contributed by atoms with van der Waals surface area (Å²) >= 11 is 8.12. The van der Waals surface area contributed by atoms with Gasteiger partial charge >= 0.3 is 0 Å². The van der Waals surface area contributed by atoms with Gasteiger partial charge in [0.05, 0.1) is 11.9 Å². The Bertz CT molecular complexity index is 538. The molecule has 1 N–H and O–H groups in total. The summed E-state index contributed by atoms with van der Waals surface area (Å²) in [5, 5.41) is 7.81. The number of thioether (sulfide) groups is 1. The van der Waals surface area contributed by atoms with Gasteiger partial charge < -0.3 is 5.32 Å². The zero-order valence-corrected chi connectivity index (χ0v) is 14.6. The number of hydrogen-bond acceptors (Lipinski definition) is 4. The minimum Gasteiger partial charge on any atom is -0.381 e. The van der Waals surface area contributed by atoms with Crippen LogP contribution in [0.15, 0.2) is 11.0 Å². The van der Waals surface area contributed by atoms with Crippen molar-refractivity contribution in [3.8, 4) is 0 Å². The summed E-state index contributed by atoms with van der Waals surface area (Å²) in [6.07, 6.45) is 8.84. The molecule has 0 bridgehead atoms. The summed E-state index contributed by atoms with van der Waals surface area (Å²) in [6, 6.07) is 0. The highest BCUT2D eigenvalue weighted by Crippen LogP contribution is 2.40. The van der Waals surface area contributed by atoms with Gasteiger partial charge in [0.2, 0.25) is 0 Å². The molecule has 0 unspecified atom stereocenters. The van der Waals surface area contributed by atoms with Crippen LogP contribution in [0, 0.1) is 5.92 Å². The highest BCUT2D eigenvalue weighted by atomic mass is 35.5. The highest BCUT2D eigenvalue weighted by molar-refractivity contribution is 8.00. The maximum absolute atomic E-state index is 12.2. The van der Waals surface area contributed by atoms with E-state index in [0.717, 1.165) is 6.54 Å². The number of hydrogen-bond donors (Lipinski definition) is 1. The van der Waals surface area contributed by atoms with Crippen LogP contribution in [0.3, 0.4) is 0 Å². The molecular formula is C15H24ClN3OS. The van der Waals surface area contributed by atoms with Crippen molar-refractivity contribution >= 4 is 29.1 Å². The van der Waals surface area contributed by atoms with Crippen LogP contribution < -0.4 is 10.9 Å². The summed E-state index contributed by atoms with van der Waals surface area (Å²) in [7, 11) is 0. The lowest BCUT2D eigenvalue weighted by atomic mass is 10.1. The van der Waals surface area contributed by atoms with Gasteiger partial charge in [0.25, 0.3) is 5.56 Å². The molecule has 1 aliphatic carbocycles. The van der Waals surface area contributed by atoms with Gasteiger partial charge in [0.1, 0.15) is 5.02 Å². The smallest absolute Gasteiger partial charge is 0.287 e. The molecule has 6 heteroatoms. The molecule has 118 valence electrons. The van der Waals surface area contributed by atoms with Gasteiger partial charge in [-0.25, -0.2) is 4.68 Å². The Labute approximate surface area is 135 Å². The highest BCUT2D eigenvalue weighted by Gasteiger charge is 2.32. The van der Waals surface area contributed by atoms with Crippen LogP contribution in [0.1, 0.15) is 39.5 Å². The van der Waals surface area contributed by atoms with E-state index in [9.17, 15) is 4.79 Å². The van der Waals surface area contributed by atoms with Crippen molar-refractivity contribution in [3.63, 3.8) is 0 Å². The van der Waals surface area contributed by atoms with Gasteiger partial charge in [-0.1, -0.05) is 38.3 Å². The third-order valence-corrected chi connectivity index (χ3v) is 5.86. The van der Waals surface area contributed by atoms with E-state index in [1.165, 1.54) is 30.4 Å². The van der Waals surface area contributed by atoms with Crippen LogP contribution in [0.5, 0.6) is 0 Å². The molecule has 21 heavy (non-hydrogen) atoms. The molecule has 1 aliphatic rings. The van der Waals surface area contributed by atoms with Gasteiger partial charge in [0.15, 0.2) is 0 Å². The van der Waals surface area contributed by atoms with Crippen LogP contribution in [0.25, 0.3) is 0 Å². The molecule has 4 nitrogen and oxygen atoms in total. The molecule has 0 aromatic carbocycles. The molecule has 1 saturated carbocycles. The molecular weight excluding hydrogens is 306 g/mol. The summed E-state index contributed by atoms with van der Waals surface area (Å²) in [5.41, 5.74) is 0.446. The maximum Gasteiger partial charge on any atom is 0.287 e. The lowest BCUT2D eigenvalue weighted by Gasteiger charge is -2.27. The number of halogens is 1. The largest absolute Gasteiger partial charge is 0.381 e. The lowest BCUT2D eigenvalue weighted by Crippen LogP contribution is -2.31. The second kappa shape index (κ2) is 7.05. The Hall–Kier alpha value is -0.680. The molecule has 2 rings (SSSR count). The summed E-state index contributed by atoms with van der Waals surface area (Å²) in [5.74, 6) is 0.364. The van der Waals surface area contributed by atoms with E-state index in [2.05, 4.69) is 30.5 Å². The molecule has 0 saturated heterocycles. The van der Waals surface area contributed by atoms with E-state index >= 15 is 0 Å². The topological polar surface area (TPSA) is 46.9 Å². The first-order chi connectivity index (χ1) is 9.97. The predicted octanol–water partition coefficient (Wildman–Crippen LogP) is 3.64. The number of rotatable bonds is 6. The number of nitrogens with zero attached hydrogens (tertiary/aromatic N) is 2. The van der Waals surface area contributed by atoms with Gasteiger partial charge in [-0.05, 0) is 25.0 Å². The zero-order valence-electron chi connectivity index (χ0n) is 13.0. The van der Waals surface area contributed by atoms with Crippen molar-refractivity contribution in [3.05, 3.63) is 21.6 Å². The van der Waals surface area contributed by atoms with Crippen molar-refractivity contribution in [2.45, 2.75) is 50.8 Å². The Morgan fingerprint density at radius 3 is 2.71 bits per heavy atom. The Morgan fingerprint density at radius 2 is 2.14 bits per heavy atom. The molecule has 0 amide bonds. The first-order valence-electron chi connectivity index (χ1n) is 7.52. The van der Waals surface area contributed by atoms with Crippen molar-refractivity contribution in [1.82, 2.24) is 9.78 Å². The normalized spacial score (nSPS) is 17.4. The second-order valence-electron chi connectivity index (χ2n) is 6.20. The molecule has 1 heterocycles. The third-order valence-electron chi connectivity index (χ3n) is 4.07. The van der Waals surface area contributed by atoms with E-state index in [0.29, 0.717) is 18.2 Å². The summed E-state index contributed by atoms with van der Waals surface area (Å²) in [6.45, 7) is 5.53. The average Bonchev–Trinajstić information content (AvgIpc) is 2.92. The molecule has 0 radical (unpaired) electrons. The van der Waals surface area contributed by atoms with Crippen molar-refractivity contribution in [2.75, 3.05) is 18.1 Å². The minimum atomic E-state index is -0.208. The maximum atomic E-state index is 12.2. The number of anilines is 1. The first kappa shape index (κ1) is 16.7. The Morgan fingerprint density at radius 1 is 1.48 bits per heavy atom. The molecule has 1 aromatic heterocycles. The van der Waals surface area contributed by atoms with Crippen LogP contribution in [0.4, 0.5) is 5.69 Å². The predicted molar refractivity (Wildman–Crippen MR) is 91.5 cm³/mol. The molecule has 0 atom stereocenters. The van der Waals surface area contributed by atoms with Crippen LogP contribution in [-0.4, -0.2) is 27.3 Å². The number of aromatic nitrogens is 2. The Kier molecular flexibility index (Phi) is 5.60. The Balaban J connectivity index is 2.11. The second-order valence-corrected chi connectivity index (χ2v) is 7.85. The van der Waals surface area contributed by atoms with Gasteiger partial charge in [0, 0.05) is 17.8 Å². The summed E-state index contributed by atoms with van der Waals surface area (Å²) in [4.78, 5) is 12.2. The van der Waals surface area contributed by atoms with E-state index in [-0.39, 0.29) is 15.3 Å². The van der Waals surface area contributed by atoms with E-state index in [4.69, 9.17) is 11.6 Å². The van der Waals surface area contributed by atoms with E-state index < -0.39 is 0 Å². The average molecular weight is 330 g/mol. The fourth-order valence-electron chi connectivity index (χ4n) is 2.79. The van der Waals surface area contributed by atoms with E-state index in [1.807, 2.05) is 11.8 Å². The molecule has 0 aliphatic heterocycles.